The zero-order valence-corrected chi connectivity index (χ0v) is 14.2. The molecule has 0 bridgehead atoms. The average molecular weight is 313 g/mol. The molecule has 0 heterocycles. The smallest absolute Gasteiger partial charge is 0.195 e. The summed E-state index contributed by atoms with van der Waals surface area (Å²) in [6, 6.07) is 10.6. The zero-order chi connectivity index (χ0) is 16.5. The fraction of sp³-hybridized carbons (Fsp3) is 0.571. The lowest BCUT2D eigenvalue weighted by Gasteiger charge is -2.26. The van der Waals surface area contributed by atoms with Gasteiger partial charge in [0.1, 0.15) is 6.07 Å². The van der Waals surface area contributed by atoms with Crippen LogP contribution in [-0.4, -0.2) is 0 Å². The summed E-state index contributed by atoms with van der Waals surface area (Å²) in [5.41, 5.74) is 2.86. The number of benzene rings is 1. The van der Waals surface area contributed by atoms with Crippen molar-refractivity contribution in [1.29, 1.82) is 5.26 Å². The maximum absolute atomic E-state index is 13.0. The molecule has 2 rings (SSSR count). The fourth-order valence-corrected chi connectivity index (χ4v) is 3.59. The highest BCUT2D eigenvalue weighted by molar-refractivity contribution is 5.22. The van der Waals surface area contributed by atoms with E-state index in [1.807, 2.05) is 0 Å². The van der Waals surface area contributed by atoms with E-state index in [0.717, 1.165) is 25.2 Å². The SMILES string of the molecule is CCc1ccc(CCCC[C@H]2CC[C@H](C=C(F)C#N)CC2)cc1. The average Bonchev–Trinajstić information content (AvgIpc) is 2.60. The molecular formula is C21H28FN. The van der Waals surface area contributed by atoms with E-state index < -0.39 is 5.83 Å². The Hall–Kier alpha value is -1.62. The minimum atomic E-state index is -0.609. The molecule has 23 heavy (non-hydrogen) atoms. The Morgan fingerprint density at radius 3 is 2.39 bits per heavy atom. The summed E-state index contributed by atoms with van der Waals surface area (Å²) < 4.78 is 13.0. The van der Waals surface area contributed by atoms with Crippen molar-refractivity contribution < 1.29 is 4.39 Å². The van der Waals surface area contributed by atoms with Crippen LogP contribution in [0.15, 0.2) is 36.2 Å². The first kappa shape index (κ1) is 17.7. The van der Waals surface area contributed by atoms with Crippen LogP contribution in [0, 0.1) is 23.2 Å². The number of nitriles is 1. The van der Waals surface area contributed by atoms with Crippen LogP contribution in [0.25, 0.3) is 0 Å². The van der Waals surface area contributed by atoms with Gasteiger partial charge in [0.05, 0.1) is 0 Å². The second kappa shape index (κ2) is 9.50. The molecule has 0 spiro atoms. The van der Waals surface area contributed by atoms with Crippen LogP contribution in [0.2, 0.25) is 0 Å². The summed E-state index contributed by atoms with van der Waals surface area (Å²) in [6.07, 6.45) is 12.1. The Morgan fingerprint density at radius 1 is 1.13 bits per heavy atom. The maximum Gasteiger partial charge on any atom is 0.196 e. The van der Waals surface area contributed by atoms with E-state index >= 15 is 0 Å². The van der Waals surface area contributed by atoms with Crippen LogP contribution >= 0.6 is 0 Å². The van der Waals surface area contributed by atoms with Crippen molar-refractivity contribution in [3.8, 4) is 6.07 Å². The molecule has 0 N–H and O–H groups in total. The normalized spacial score (nSPS) is 21.9. The molecule has 0 atom stereocenters. The molecule has 1 nitrogen and oxygen atoms in total. The van der Waals surface area contributed by atoms with Crippen LogP contribution in [-0.2, 0) is 12.8 Å². The molecule has 2 heteroatoms. The van der Waals surface area contributed by atoms with E-state index in [0.29, 0.717) is 0 Å². The Bertz CT molecular complexity index is 530. The molecule has 1 aliphatic rings. The van der Waals surface area contributed by atoms with Gasteiger partial charge in [0.2, 0.25) is 0 Å². The van der Waals surface area contributed by atoms with Gasteiger partial charge in [-0.2, -0.15) is 9.65 Å². The second-order valence-corrected chi connectivity index (χ2v) is 6.82. The number of aryl methyl sites for hydroxylation is 2. The number of hydrogen-bond donors (Lipinski definition) is 0. The lowest BCUT2D eigenvalue weighted by atomic mass is 9.79. The van der Waals surface area contributed by atoms with Crippen molar-refractivity contribution in [2.45, 2.75) is 64.7 Å². The first-order valence-corrected chi connectivity index (χ1v) is 9.06. The number of rotatable bonds is 7. The van der Waals surface area contributed by atoms with Gasteiger partial charge < -0.3 is 0 Å². The van der Waals surface area contributed by atoms with E-state index in [-0.39, 0.29) is 5.92 Å². The van der Waals surface area contributed by atoms with Crippen LogP contribution < -0.4 is 0 Å². The topological polar surface area (TPSA) is 23.8 Å². The van der Waals surface area contributed by atoms with E-state index in [2.05, 4.69) is 31.2 Å². The van der Waals surface area contributed by atoms with Gasteiger partial charge >= 0.3 is 0 Å². The Morgan fingerprint density at radius 2 is 1.78 bits per heavy atom. The lowest BCUT2D eigenvalue weighted by Crippen LogP contribution is -2.13. The lowest BCUT2D eigenvalue weighted by molar-refractivity contribution is 0.288. The van der Waals surface area contributed by atoms with Gasteiger partial charge in [-0.3, -0.25) is 0 Å². The Kier molecular flexibility index (Phi) is 7.33. The van der Waals surface area contributed by atoms with Crippen molar-refractivity contribution in [2.75, 3.05) is 0 Å². The molecule has 0 aliphatic heterocycles. The van der Waals surface area contributed by atoms with Gasteiger partial charge in [0.15, 0.2) is 5.83 Å². The molecule has 1 saturated carbocycles. The molecule has 0 saturated heterocycles. The highest BCUT2D eigenvalue weighted by Gasteiger charge is 2.20. The third-order valence-corrected chi connectivity index (χ3v) is 5.14. The molecule has 1 fully saturated rings. The third-order valence-electron chi connectivity index (χ3n) is 5.14. The first-order valence-electron chi connectivity index (χ1n) is 9.06. The van der Waals surface area contributed by atoms with Crippen LogP contribution in [0.5, 0.6) is 0 Å². The van der Waals surface area contributed by atoms with Crippen molar-refractivity contribution >= 4 is 0 Å². The first-order chi connectivity index (χ1) is 11.2. The Balaban J connectivity index is 1.61. The summed E-state index contributed by atoms with van der Waals surface area (Å²) in [5, 5.41) is 8.49. The monoisotopic (exact) mass is 313 g/mol. The number of unbranched alkanes of at least 4 members (excludes halogenated alkanes) is 1. The minimum Gasteiger partial charge on any atom is -0.195 e. The number of halogens is 1. The predicted octanol–water partition coefficient (Wildman–Crippen LogP) is 6.15. The minimum absolute atomic E-state index is 0.281. The van der Waals surface area contributed by atoms with Gasteiger partial charge in [0, 0.05) is 0 Å². The quantitative estimate of drug-likeness (QED) is 0.438. The van der Waals surface area contributed by atoms with Gasteiger partial charge in [-0.05, 0) is 74.0 Å². The van der Waals surface area contributed by atoms with Crippen LogP contribution in [0.1, 0.15) is 63.0 Å². The van der Waals surface area contributed by atoms with E-state index in [4.69, 9.17) is 5.26 Å². The fourth-order valence-electron chi connectivity index (χ4n) is 3.59. The van der Waals surface area contributed by atoms with E-state index in [9.17, 15) is 4.39 Å². The third kappa shape index (κ3) is 6.18. The van der Waals surface area contributed by atoms with Crippen molar-refractivity contribution in [2.24, 2.45) is 11.8 Å². The summed E-state index contributed by atoms with van der Waals surface area (Å²) in [6.45, 7) is 2.19. The summed E-state index contributed by atoms with van der Waals surface area (Å²) in [7, 11) is 0. The highest BCUT2D eigenvalue weighted by atomic mass is 19.1. The van der Waals surface area contributed by atoms with Crippen molar-refractivity contribution in [3.05, 3.63) is 47.3 Å². The largest absolute Gasteiger partial charge is 0.196 e. The Labute approximate surface area is 140 Å². The van der Waals surface area contributed by atoms with E-state index in [1.165, 1.54) is 55.7 Å². The van der Waals surface area contributed by atoms with E-state index in [1.54, 1.807) is 6.07 Å². The van der Waals surface area contributed by atoms with Crippen molar-refractivity contribution in [3.63, 3.8) is 0 Å². The number of allylic oxidation sites excluding steroid dienone is 2. The number of hydrogen-bond acceptors (Lipinski definition) is 1. The zero-order valence-electron chi connectivity index (χ0n) is 14.2. The summed E-state index contributed by atoms with van der Waals surface area (Å²) in [4.78, 5) is 0. The van der Waals surface area contributed by atoms with Crippen LogP contribution in [0.3, 0.4) is 0 Å². The standard InChI is InChI=1S/C21H28FN/c1-2-17-7-9-18(10-8-17)5-3-4-6-19-11-13-20(14-12-19)15-21(22)16-23/h7-10,15,19-20H,2-6,11-14H2,1H3/t19-,20-. The molecule has 1 aromatic carbocycles. The van der Waals surface area contributed by atoms with Crippen LogP contribution in [0.4, 0.5) is 4.39 Å². The summed E-state index contributed by atoms with van der Waals surface area (Å²) >= 11 is 0. The van der Waals surface area contributed by atoms with Gasteiger partial charge in [-0.1, -0.05) is 44.0 Å². The molecule has 124 valence electrons. The van der Waals surface area contributed by atoms with Gasteiger partial charge in [-0.25, -0.2) is 0 Å². The highest BCUT2D eigenvalue weighted by Crippen LogP contribution is 2.33. The molecule has 0 aromatic heterocycles. The van der Waals surface area contributed by atoms with Gasteiger partial charge in [-0.15, -0.1) is 0 Å². The maximum atomic E-state index is 13.0. The second-order valence-electron chi connectivity index (χ2n) is 6.82. The number of nitrogens with zero attached hydrogens (tertiary/aromatic N) is 1. The van der Waals surface area contributed by atoms with Crippen molar-refractivity contribution in [1.82, 2.24) is 0 Å². The molecule has 0 unspecified atom stereocenters. The molecule has 0 amide bonds. The molecule has 1 aliphatic carbocycles. The molecule has 0 radical (unpaired) electrons. The molecular weight excluding hydrogens is 285 g/mol. The summed E-state index contributed by atoms with van der Waals surface area (Å²) in [5.74, 6) is 0.470. The van der Waals surface area contributed by atoms with Gasteiger partial charge in [0.25, 0.3) is 0 Å². The molecule has 1 aromatic rings. The predicted molar refractivity (Wildman–Crippen MR) is 93.6 cm³/mol.